The van der Waals surface area contributed by atoms with Gasteiger partial charge in [0.2, 0.25) is 5.91 Å². The SMILES string of the molecule is Cc1ccc(-c2nccc3[nH]c(-c4n[nH]c5ncc(-c6cncc(NC(=O)C7CCCC7)c6)c(F)c45)nc23)s1. The largest absolute Gasteiger partial charge is 0.336 e. The maximum atomic E-state index is 16.1. The Labute approximate surface area is 226 Å². The van der Waals surface area contributed by atoms with Crippen LogP contribution in [0.3, 0.4) is 0 Å². The molecule has 194 valence electrons. The van der Waals surface area contributed by atoms with Gasteiger partial charge in [0.25, 0.3) is 0 Å². The molecule has 0 saturated heterocycles. The Morgan fingerprint density at radius 1 is 1.10 bits per heavy atom. The molecule has 0 unspecified atom stereocenters. The summed E-state index contributed by atoms with van der Waals surface area (Å²) in [6, 6.07) is 7.62. The Bertz CT molecular complexity index is 1870. The lowest BCUT2D eigenvalue weighted by atomic mass is 10.1. The topological polar surface area (TPSA) is 125 Å². The molecular weight excluding hydrogens is 515 g/mol. The number of H-pyrrole nitrogens is 2. The smallest absolute Gasteiger partial charge is 0.227 e. The summed E-state index contributed by atoms with van der Waals surface area (Å²) in [6.07, 6.45) is 10.2. The highest BCUT2D eigenvalue weighted by Crippen LogP contribution is 2.36. The minimum Gasteiger partial charge on any atom is -0.336 e. The summed E-state index contributed by atoms with van der Waals surface area (Å²) in [5.74, 6) is -0.0980. The second-order valence-corrected chi connectivity index (χ2v) is 11.1. The van der Waals surface area contributed by atoms with Crippen LogP contribution in [0, 0.1) is 18.7 Å². The van der Waals surface area contributed by atoms with Crippen molar-refractivity contribution in [3.63, 3.8) is 0 Å². The molecule has 1 fully saturated rings. The molecule has 1 aliphatic rings. The predicted octanol–water partition coefficient (Wildman–Crippen LogP) is 6.26. The van der Waals surface area contributed by atoms with Gasteiger partial charge in [-0.3, -0.25) is 19.9 Å². The number of aromatic nitrogens is 7. The maximum absolute atomic E-state index is 16.1. The normalized spacial score (nSPS) is 14.0. The maximum Gasteiger partial charge on any atom is 0.227 e. The van der Waals surface area contributed by atoms with E-state index >= 15 is 4.39 Å². The number of fused-ring (bicyclic) bond motifs is 2. The van der Waals surface area contributed by atoms with Crippen molar-refractivity contribution in [2.75, 3.05) is 5.32 Å². The standard InChI is InChI=1S/C28H23FN8OS/c1-14-6-7-20(39-14)24-23-19(8-9-31-24)34-27(35-23)25-21-22(29)18(13-32-26(21)37-36-25)16-10-17(12-30-11-16)33-28(38)15-4-2-3-5-15/h6-13,15H,2-5H2,1H3,(H,33,38)(H,34,35)(H,32,36,37). The number of imidazole rings is 1. The monoisotopic (exact) mass is 538 g/mol. The summed E-state index contributed by atoms with van der Waals surface area (Å²) in [5.41, 5.74) is 4.12. The molecule has 0 atom stereocenters. The Morgan fingerprint density at radius 3 is 2.79 bits per heavy atom. The van der Waals surface area contributed by atoms with Gasteiger partial charge >= 0.3 is 0 Å². The van der Waals surface area contributed by atoms with Crippen LogP contribution in [0.25, 0.3) is 55.3 Å². The number of nitrogens with one attached hydrogen (secondary N) is 3. The molecule has 0 bridgehead atoms. The number of carbonyl (C=O) groups excluding carboxylic acids is 1. The highest BCUT2D eigenvalue weighted by molar-refractivity contribution is 7.15. The van der Waals surface area contributed by atoms with Gasteiger partial charge in [0.1, 0.15) is 22.7 Å². The fourth-order valence-corrected chi connectivity index (χ4v) is 6.07. The zero-order chi connectivity index (χ0) is 26.5. The van der Waals surface area contributed by atoms with Crippen LogP contribution in [-0.2, 0) is 4.79 Å². The summed E-state index contributed by atoms with van der Waals surface area (Å²) < 4.78 is 16.1. The fourth-order valence-electron chi connectivity index (χ4n) is 5.20. The molecule has 0 aliphatic heterocycles. The number of pyridine rings is 3. The van der Waals surface area contributed by atoms with Crippen LogP contribution >= 0.6 is 11.3 Å². The van der Waals surface area contributed by atoms with Crippen molar-refractivity contribution in [1.82, 2.24) is 35.1 Å². The van der Waals surface area contributed by atoms with Crippen LogP contribution in [-0.4, -0.2) is 41.0 Å². The molecule has 6 aromatic heterocycles. The zero-order valence-corrected chi connectivity index (χ0v) is 21.8. The number of carbonyl (C=O) groups is 1. The number of aryl methyl sites for hydroxylation is 1. The van der Waals surface area contributed by atoms with Gasteiger partial charge in [0.15, 0.2) is 11.5 Å². The van der Waals surface area contributed by atoms with E-state index in [4.69, 9.17) is 4.98 Å². The lowest BCUT2D eigenvalue weighted by molar-refractivity contribution is -0.119. The zero-order valence-electron chi connectivity index (χ0n) is 21.0. The molecule has 6 aromatic rings. The van der Waals surface area contributed by atoms with Crippen LogP contribution in [0.5, 0.6) is 0 Å². The third-order valence-electron chi connectivity index (χ3n) is 7.17. The third-order valence-corrected chi connectivity index (χ3v) is 8.18. The molecule has 9 nitrogen and oxygen atoms in total. The van der Waals surface area contributed by atoms with E-state index in [-0.39, 0.29) is 22.8 Å². The van der Waals surface area contributed by atoms with Crippen molar-refractivity contribution >= 4 is 45.0 Å². The minimum absolute atomic E-state index is 0.0141. The molecule has 0 radical (unpaired) electrons. The number of thiophene rings is 1. The van der Waals surface area contributed by atoms with E-state index < -0.39 is 5.82 Å². The average molecular weight is 539 g/mol. The molecule has 3 N–H and O–H groups in total. The van der Waals surface area contributed by atoms with Crippen molar-refractivity contribution in [3.05, 3.63) is 59.7 Å². The van der Waals surface area contributed by atoms with Gasteiger partial charge in [0.05, 0.1) is 27.7 Å². The first-order chi connectivity index (χ1) is 19.0. The van der Waals surface area contributed by atoms with E-state index in [1.54, 1.807) is 36.0 Å². The molecule has 7 rings (SSSR count). The van der Waals surface area contributed by atoms with Crippen LogP contribution in [0.2, 0.25) is 0 Å². The Hall–Kier alpha value is -4.51. The quantitative estimate of drug-likeness (QED) is 0.238. The van der Waals surface area contributed by atoms with Crippen molar-refractivity contribution < 1.29 is 9.18 Å². The molecule has 1 saturated carbocycles. The first kappa shape index (κ1) is 23.6. The summed E-state index contributed by atoms with van der Waals surface area (Å²) in [6.45, 7) is 2.04. The van der Waals surface area contributed by atoms with E-state index in [2.05, 4.69) is 35.5 Å². The van der Waals surface area contributed by atoms with Crippen molar-refractivity contribution in [2.45, 2.75) is 32.6 Å². The molecule has 1 aliphatic carbocycles. The number of anilines is 1. The van der Waals surface area contributed by atoms with E-state index in [0.29, 0.717) is 33.9 Å². The first-order valence-electron chi connectivity index (χ1n) is 12.8. The number of hydrogen-bond donors (Lipinski definition) is 3. The molecule has 1 amide bonds. The summed E-state index contributed by atoms with van der Waals surface area (Å²) in [4.78, 5) is 36.0. The lowest BCUT2D eigenvalue weighted by Gasteiger charge is -2.11. The molecular formula is C28H23FN8OS. The van der Waals surface area contributed by atoms with Crippen LogP contribution in [0.1, 0.15) is 30.6 Å². The first-order valence-corrected chi connectivity index (χ1v) is 13.6. The Morgan fingerprint density at radius 2 is 1.97 bits per heavy atom. The van der Waals surface area contributed by atoms with Gasteiger partial charge in [-0.25, -0.2) is 14.4 Å². The summed E-state index contributed by atoms with van der Waals surface area (Å²) in [7, 11) is 0. The number of amides is 1. The summed E-state index contributed by atoms with van der Waals surface area (Å²) >= 11 is 1.64. The van der Waals surface area contributed by atoms with Gasteiger partial charge in [0, 0.05) is 40.5 Å². The average Bonchev–Trinajstić information content (AvgIpc) is 3.75. The Kier molecular flexibility index (Phi) is 5.66. The number of nitrogens with zero attached hydrogens (tertiary/aromatic N) is 5. The second kappa shape index (κ2) is 9.35. The molecule has 11 heteroatoms. The molecule has 0 aromatic carbocycles. The fraction of sp³-hybridized carbons (Fsp3) is 0.214. The number of hydrogen-bond acceptors (Lipinski definition) is 7. The molecule has 6 heterocycles. The van der Waals surface area contributed by atoms with Crippen LogP contribution in [0.4, 0.5) is 10.1 Å². The summed E-state index contributed by atoms with van der Waals surface area (Å²) in [5, 5.41) is 10.3. The van der Waals surface area contributed by atoms with Gasteiger partial charge in [-0.05, 0) is 44.0 Å². The van der Waals surface area contributed by atoms with Crippen LogP contribution in [0.15, 0.2) is 49.1 Å². The lowest BCUT2D eigenvalue weighted by Crippen LogP contribution is -2.20. The van der Waals surface area contributed by atoms with Gasteiger partial charge in [-0.15, -0.1) is 11.3 Å². The van der Waals surface area contributed by atoms with E-state index in [9.17, 15) is 4.79 Å². The van der Waals surface area contributed by atoms with Gasteiger partial charge in [-0.1, -0.05) is 12.8 Å². The highest BCUT2D eigenvalue weighted by atomic mass is 32.1. The predicted molar refractivity (Wildman–Crippen MR) is 149 cm³/mol. The minimum atomic E-state index is -0.502. The van der Waals surface area contributed by atoms with Crippen molar-refractivity contribution in [3.8, 4) is 33.2 Å². The number of aromatic amines is 2. The van der Waals surface area contributed by atoms with Crippen molar-refractivity contribution in [2.24, 2.45) is 5.92 Å². The van der Waals surface area contributed by atoms with Gasteiger partial charge in [-0.2, -0.15) is 5.10 Å². The number of rotatable bonds is 5. The van der Waals surface area contributed by atoms with E-state index in [1.165, 1.54) is 11.1 Å². The third kappa shape index (κ3) is 4.15. The molecule has 0 spiro atoms. The van der Waals surface area contributed by atoms with Crippen molar-refractivity contribution in [1.29, 1.82) is 0 Å². The van der Waals surface area contributed by atoms with Gasteiger partial charge < -0.3 is 10.3 Å². The second-order valence-electron chi connectivity index (χ2n) is 9.77. The van der Waals surface area contributed by atoms with E-state index in [1.807, 2.05) is 25.1 Å². The van der Waals surface area contributed by atoms with E-state index in [0.717, 1.165) is 41.8 Å². The number of halogens is 1. The Balaban J connectivity index is 1.28. The van der Waals surface area contributed by atoms with Crippen LogP contribution < -0.4 is 5.32 Å². The molecule has 39 heavy (non-hydrogen) atoms. The highest BCUT2D eigenvalue weighted by Gasteiger charge is 2.24.